The van der Waals surface area contributed by atoms with Crippen molar-refractivity contribution in [2.75, 3.05) is 19.8 Å². The maximum atomic E-state index is 12.9. The number of hydrogen-bond acceptors (Lipinski definition) is 5. The molecule has 0 fully saturated rings. The molecule has 0 aromatic carbocycles. The van der Waals surface area contributed by atoms with Gasteiger partial charge in [0.1, 0.15) is 6.61 Å². The van der Waals surface area contributed by atoms with Crippen molar-refractivity contribution in [2.24, 2.45) is 0 Å². The summed E-state index contributed by atoms with van der Waals surface area (Å²) in [5.41, 5.74) is 0. The van der Waals surface area contributed by atoms with Gasteiger partial charge < -0.3 is 14.2 Å². The minimum atomic E-state index is -0.575. The van der Waals surface area contributed by atoms with E-state index in [-0.39, 0.29) is 25.2 Å². The van der Waals surface area contributed by atoms with Gasteiger partial charge >= 0.3 is 11.9 Å². The molecule has 0 aliphatic heterocycles. The second-order valence-electron chi connectivity index (χ2n) is 18.8. The van der Waals surface area contributed by atoms with Crippen molar-refractivity contribution < 1.29 is 23.8 Å². The highest BCUT2D eigenvalue weighted by molar-refractivity contribution is 5.70. The van der Waals surface area contributed by atoms with Crippen molar-refractivity contribution in [3.05, 3.63) is 97.2 Å². The number of unbranched alkanes of at least 4 members (excludes halogenated alkanes) is 25. The van der Waals surface area contributed by atoms with Crippen molar-refractivity contribution in [2.45, 2.75) is 271 Å². The Hall–Kier alpha value is -3.18. The molecule has 0 bridgehead atoms. The molecule has 0 N–H and O–H groups in total. The van der Waals surface area contributed by atoms with Crippen LogP contribution in [0.25, 0.3) is 0 Å². The number of carbonyl (C=O) groups excluding carboxylic acids is 2. The third-order valence-corrected chi connectivity index (χ3v) is 12.1. The minimum Gasteiger partial charge on any atom is -0.462 e. The van der Waals surface area contributed by atoms with Crippen LogP contribution in [0.1, 0.15) is 265 Å². The second kappa shape index (κ2) is 58.1. The van der Waals surface area contributed by atoms with Gasteiger partial charge in [0, 0.05) is 19.4 Å². The third kappa shape index (κ3) is 55.4. The number of esters is 2. The van der Waals surface area contributed by atoms with Gasteiger partial charge in [-0.15, -0.1) is 0 Å². The first-order valence-corrected chi connectivity index (χ1v) is 28.8. The van der Waals surface area contributed by atoms with E-state index in [0.29, 0.717) is 25.9 Å². The molecule has 68 heavy (non-hydrogen) atoms. The topological polar surface area (TPSA) is 61.8 Å². The zero-order valence-corrected chi connectivity index (χ0v) is 44.8. The van der Waals surface area contributed by atoms with Crippen LogP contribution in [-0.2, 0) is 23.8 Å². The SMILES string of the molecule is CC/C=C\C/C=C\C/C=C\C/C=C\C/C=C\C/C=C\CCC(=O)OC[C@@H](COCCCCCCCCCCCCCCCCCC)OC(=O)CCCCCCCCC/C=C\C/C=C\CCCCC. The molecule has 0 saturated heterocycles. The van der Waals surface area contributed by atoms with Crippen LogP contribution in [0, 0.1) is 0 Å². The molecule has 0 saturated carbocycles. The molecule has 0 unspecified atom stereocenters. The van der Waals surface area contributed by atoms with E-state index in [9.17, 15) is 9.59 Å². The Kier molecular flexibility index (Phi) is 55.4. The van der Waals surface area contributed by atoms with Gasteiger partial charge in [-0.3, -0.25) is 9.59 Å². The first kappa shape index (κ1) is 64.8. The van der Waals surface area contributed by atoms with Crippen LogP contribution in [0.15, 0.2) is 97.2 Å². The van der Waals surface area contributed by atoms with Crippen LogP contribution in [0.2, 0.25) is 0 Å². The lowest BCUT2D eigenvalue weighted by atomic mass is 10.0. The van der Waals surface area contributed by atoms with E-state index in [4.69, 9.17) is 14.2 Å². The number of rotatable bonds is 52. The Bertz CT molecular complexity index is 1300. The maximum Gasteiger partial charge on any atom is 0.306 e. The van der Waals surface area contributed by atoms with Gasteiger partial charge in [0.2, 0.25) is 0 Å². The molecule has 0 rings (SSSR count). The predicted molar refractivity (Wildman–Crippen MR) is 297 cm³/mol. The van der Waals surface area contributed by atoms with Crippen LogP contribution in [-0.4, -0.2) is 37.9 Å². The molecule has 0 aliphatic rings. The highest BCUT2D eigenvalue weighted by Crippen LogP contribution is 2.15. The fraction of sp³-hybridized carbons (Fsp3) is 0.714. The largest absolute Gasteiger partial charge is 0.462 e. The summed E-state index contributed by atoms with van der Waals surface area (Å²) in [7, 11) is 0. The third-order valence-electron chi connectivity index (χ3n) is 12.1. The van der Waals surface area contributed by atoms with E-state index in [1.807, 2.05) is 6.08 Å². The first-order chi connectivity index (χ1) is 33.6. The van der Waals surface area contributed by atoms with Crippen molar-refractivity contribution in [1.82, 2.24) is 0 Å². The zero-order chi connectivity index (χ0) is 49.2. The summed E-state index contributed by atoms with van der Waals surface area (Å²) in [5, 5.41) is 0. The average Bonchev–Trinajstić information content (AvgIpc) is 3.34. The monoisotopic (exact) mass is 945 g/mol. The molecule has 0 aromatic heterocycles. The van der Waals surface area contributed by atoms with Crippen LogP contribution < -0.4 is 0 Å². The van der Waals surface area contributed by atoms with E-state index >= 15 is 0 Å². The van der Waals surface area contributed by atoms with Gasteiger partial charge in [0.05, 0.1) is 6.61 Å². The lowest BCUT2D eigenvalue weighted by Gasteiger charge is -2.18. The summed E-state index contributed by atoms with van der Waals surface area (Å²) >= 11 is 0. The summed E-state index contributed by atoms with van der Waals surface area (Å²) in [6.45, 7) is 7.63. The van der Waals surface area contributed by atoms with E-state index in [2.05, 4.69) is 112 Å². The molecule has 0 aromatic rings. The number of carbonyl (C=O) groups is 2. The van der Waals surface area contributed by atoms with Gasteiger partial charge in [0.15, 0.2) is 6.10 Å². The highest BCUT2D eigenvalue weighted by Gasteiger charge is 2.17. The van der Waals surface area contributed by atoms with Gasteiger partial charge in [-0.05, 0) is 89.9 Å². The summed E-state index contributed by atoms with van der Waals surface area (Å²) in [5.74, 6) is -0.498. The van der Waals surface area contributed by atoms with Gasteiger partial charge in [0.25, 0.3) is 0 Å². The number of hydrogen-bond donors (Lipinski definition) is 0. The van der Waals surface area contributed by atoms with Gasteiger partial charge in [-0.1, -0.05) is 259 Å². The second-order valence-corrected chi connectivity index (χ2v) is 18.8. The Labute approximate surface area is 422 Å². The van der Waals surface area contributed by atoms with Gasteiger partial charge in [-0.25, -0.2) is 0 Å². The van der Waals surface area contributed by atoms with Crippen LogP contribution >= 0.6 is 0 Å². The Balaban J connectivity index is 4.40. The van der Waals surface area contributed by atoms with Crippen molar-refractivity contribution >= 4 is 11.9 Å². The first-order valence-electron chi connectivity index (χ1n) is 28.8. The summed E-state index contributed by atoms with van der Waals surface area (Å²) in [6, 6.07) is 0. The molecule has 0 spiro atoms. The lowest BCUT2D eigenvalue weighted by molar-refractivity contribution is -0.162. The zero-order valence-electron chi connectivity index (χ0n) is 44.8. The molecule has 0 heterocycles. The molecule has 0 aliphatic carbocycles. The lowest BCUT2D eigenvalue weighted by Crippen LogP contribution is -2.30. The molecule has 0 radical (unpaired) electrons. The molecular weight excluding hydrogens is 837 g/mol. The number of allylic oxidation sites excluding steroid dienone is 16. The molecule has 0 amide bonds. The minimum absolute atomic E-state index is 0.0399. The van der Waals surface area contributed by atoms with E-state index in [0.717, 1.165) is 77.0 Å². The van der Waals surface area contributed by atoms with E-state index in [1.54, 1.807) is 0 Å². The smallest absolute Gasteiger partial charge is 0.306 e. The Morgan fingerprint density at radius 2 is 0.691 bits per heavy atom. The highest BCUT2D eigenvalue weighted by atomic mass is 16.6. The van der Waals surface area contributed by atoms with Crippen molar-refractivity contribution in [3.8, 4) is 0 Å². The fourth-order valence-corrected chi connectivity index (χ4v) is 7.86. The van der Waals surface area contributed by atoms with Crippen molar-refractivity contribution in [1.29, 1.82) is 0 Å². The Morgan fingerprint density at radius 1 is 0.338 bits per heavy atom. The van der Waals surface area contributed by atoms with E-state index < -0.39 is 6.10 Å². The average molecular weight is 946 g/mol. The van der Waals surface area contributed by atoms with E-state index in [1.165, 1.54) is 148 Å². The summed E-state index contributed by atoms with van der Waals surface area (Å²) < 4.78 is 17.4. The summed E-state index contributed by atoms with van der Waals surface area (Å²) in [6.07, 6.45) is 78.6. The van der Waals surface area contributed by atoms with Gasteiger partial charge in [-0.2, -0.15) is 0 Å². The van der Waals surface area contributed by atoms with Crippen molar-refractivity contribution in [3.63, 3.8) is 0 Å². The van der Waals surface area contributed by atoms with Crippen LogP contribution in [0.4, 0.5) is 0 Å². The number of ether oxygens (including phenoxy) is 3. The molecule has 1 atom stereocenters. The maximum absolute atomic E-state index is 12.9. The standard InChI is InChI=1S/C63H108O5/c1-4-7-10-13-16-19-22-25-28-31-32-34-35-38-41-44-47-50-53-56-62(64)67-60-61(59-66-58-55-52-49-46-43-40-37-30-27-24-21-18-15-12-9-6-3)68-63(65)57-54-51-48-45-42-39-36-33-29-26-23-20-17-14-11-8-5-2/h7,10,16-17,19-20,25-26,28-29,32,34,38,41,47,50,61H,4-6,8-9,11-15,18,21-24,27,30-31,33,35-37,39-40,42-46,48-49,51-60H2,1-3H3/b10-7-,19-16-,20-17-,28-25-,29-26-,34-32-,41-38-,50-47-/t61-/m1/s1. The summed E-state index contributed by atoms with van der Waals surface area (Å²) in [4.78, 5) is 25.5. The molecular formula is C63H108O5. The molecule has 5 heteroatoms. The molecule has 5 nitrogen and oxygen atoms in total. The quantitative estimate of drug-likeness (QED) is 0.0345. The Morgan fingerprint density at radius 3 is 1.15 bits per heavy atom. The van der Waals surface area contributed by atoms with Crippen LogP contribution in [0.3, 0.4) is 0 Å². The predicted octanol–water partition coefficient (Wildman–Crippen LogP) is 19.8. The molecule has 390 valence electrons. The fourth-order valence-electron chi connectivity index (χ4n) is 7.86. The normalized spacial score (nSPS) is 12.9. The van der Waals surface area contributed by atoms with Crippen LogP contribution in [0.5, 0.6) is 0 Å².